The van der Waals surface area contributed by atoms with E-state index in [0.29, 0.717) is 23.8 Å². The van der Waals surface area contributed by atoms with Gasteiger partial charge in [0.15, 0.2) is 9.84 Å². The zero-order valence-electron chi connectivity index (χ0n) is 7.78. The Morgan fingerprint density at radius 2 is 2.21 bits per heavy atom. The fraction of sp³-hybridized carbons (Fsp3) is 0.333. The average molecular weight is 213 g/mol. The summed E-state index contributed by atoms with van der Waals surface area (Å²) in [5, 5.41) is 3.09. The van der Waals surface area contributed by atoms with Gasteiger partial charge in [-0.1, -0.05) is 0 Å². The van der Waals surface area contributed by atoms with Gasteiger partial charge in [0.2, 0.25) is 0 Å². The first-order chi connectivity index (χ1) is 6.57. The summed E-state index contributed by atoms with van der Waals surface area (Å²) in [6.07, 6.45) is 1.19. The molecule has 0 aromatic heterocycles. The van der Waals surface area contributed by atoms with E-state index >= 15 is 0 Å². The van der Waals surface area contributed by atoms with Crippen molar-refractivity contribution >= 4 is 15.5 Å². The van der Waals surface area contributed by atoms with Gasteiger partial charge >= 0.3 is 0 Å². The molecule has 0 fully saturated rings. The first-order valence-electron chi connectivity index (χ1n) is 4.28. The van der Waals surface area contributed by atoms with E-state index in [1.807, 2.05) is 0 Å². The van der Waals surface area contributed by atoms with Gasteiger partial charge in [-0.05, 0) is 18.2 Å². The quantitative estimate of drug-likeness (QED) is 0.753. The van der Waals surface area contributed by atoms with Crippen LogP contribution in [0.4, 0.5) is 5.69 Å². The van der Waals surface area contributed by atoms with Gasteiger partial charge in [0.05, 0.1) is 10.6 Å². The predicted octanol–water partition coefficient (Wildman–Crippen LogP) is 0.894. The summed E-state index contributed by atoms with van der Waals surface area (Å²) in [6.45, 7) is 1.32. The largest absolute Gasteiger partial charge is 0.490 e. The lowest BCUT2D eigenvalue weighted by Gasteiger charge is -2.19. The Bertz CT molecular complexity index is 453. The maximum absolute atomic E-state index is 11.3. The Balaban J connectivity index is 2.49. The van der Waals surface area contributed by atoms with Crippen LogP contribution in [-0.2, 0) is 9.84 Å². The Kier molecular flexibility index (Phi) is 2.11. The van der Waals surface area contributed by atoms with Crippen LogP contribution in [-0.4, -0.2) is 27.8 Å². The molecular formula is C9H11NO3S. The number of ether oxygens (including phenoxy) is 1. The van der Waals surface area contributed by atoms with E-state index in [0.717, 1.165) is 5.69 Å². The number of nitrogens with one attached hydrogen (secondary N) is 1. The lowest BCUT2D eigenvalue weighted by Crippen LogP contribution is -2.18. The molecule has 1 aliphatic rings. The highest BCUT2D eigenvalue weighted by Crippen LogP contribution is 2.29. The van der Waals surface area contributed by atoms with Crippen molar-refractivity contribution in [2.45, 2.75) is 4.90 Å². The van der Waals surface area contributed by atoms with E-state index < -0.39 is 9.84 Å². The highest BCUT2D eigenvalue weighted by atomic mass is 32.2. The minimum Gasteiger partial charge on any atom is -0.490 e. The van der Waals surface area contributed by atoms with Crippen LogP contribution < -0.4 is 10.1 Å². The monoisotopic (exact) mass is 213 g/mol. The molecule has 1 heterocycles. The molecule has 0 aliphatic carbocycles. The molecule has 0 amide bonds. The minimum atomic E-state index is -3.13. The molecule has 5 heteroatoms. The van der Waals surface area contributed by atoms with Gasteiger partial charge in [-0.2, -0.15) is 0 Å². The Labute approximate surface area is 82.8 Å². The van der Waals surface area contributed by atoms with Gasteiger partial charge in [0.1, 0.15) is 12.4 Å². The lowest BCUT2D eigenvalue weighted by molar-refractivity contribution is 0.323. The van der Waals surface area contributed by atoms with E-state index in [9.17, 15) is 8.42 Å². The van der Waals surface area contributed by atoms with Gasteiger partial charge < -0.3 is 10.1 Å². The first-order valence-corrected chi connectivity index (χ1v) is 6.17. The highest BCUT2D eigenvalue weighted by molar-refractivity contribution is 7.90. The summed E-state index contributed by atoms with van der Waals surface area (Å²) in [5.41, 5.74) is 0.749. The van der Waals surface area contributed by atoms with Crippen LogP contribution in [0, 0.1) is 0 Å². The second-order valence-corrected chi connectivity index (χ2v) is 5.22. The fourth-order valence-electron chi connectivity index (χ4n) is 1.35. The molecule has 1 aromatic rings. The summed E-state index contributed by atoms with van der Waals surface area (Å²) < 4.78 is 27.8. The van der Waals surface area contributed by atoms with Crippen LogP contribution in [0.15, 0.2) is 23.1 Å². The van der Waals surface area contributed by atoms with Crippen LogP contribution in [0.2, 0.25) is 0 Å². The molecule has 4 nitrogen and oxygen atoms in total. The number of rotatable bonds is 1. The van der Waals surface area contributed by atoms with Gasteiger partial charge in [-0.25, -0.2) is 8.42 Å². The zero-order chi connectivity index (χ0) is 10.2. The average Bonchev–Trinajstić information content (AvgIpc) is 2.16. The highest BCUT2D eigenvalue weighted by Gasteiger charge is 2.13. The number of fused-ring (bicyclic) bond motifs is 1. The second-order valence-electron chi connectivity index (χ2n) is 3.21. The van der Waals surface area contributed by atoms with Crippen molar-refractivity contribution in [3.05, 3.63) is 18.2 Å². The number of hydrogen-bond donors (Lipinski definition) is 1. The fourth-order valence-corrected chi connectivity index (χ4v) is 2.00. The third-order valence-electron chi connectivity index (χ3n) is 2.05. The Hall–Kier alpha value is -1.23. The molecule has 0 spiro atoms. The Morgan fingerprint density at radius 1 is 1.43 bits per heavy atom. The van der Waals surface area contributed by atoms with Crippen LogP contribution in [0.25, 0.3) is 0 Å². The van der Waals surface area contributed by atoms with E-state index in [1.54, 1.807) is 18.2 Å². The molecule has 0 saturated heterocycles. The number of sulfone groups is 1. The van der Waals surface area contributed by atoms with E-state index in [-0.39, 0.29) is 0 Å². The van der Waals surface area contributed by atoms with E-state index in [4.69, 9.17) is 4.74 Å². The van der Waals surface area contributed by atoms with Gasteiger partial charge in [0.25, 0.3) is 0 Å². The summed E-state index contributed by atoms with van der Waals surface area (Å²) in [7, 11) is -3.13. The van der Waals surface area contributed by atoms with Crippen molar-refractivity contribution in [3.8, 4) is 5.75 Å². The molecule has 0 bridgehead atoms. The summed E-state index contributed by atoms with van der Waals surface area (Å²) >= 11 is 0. The molecule has 1 N–H and O–H groups in total. The molecule has 0 unspecified atom stereocenters. The molecule has 1 aliphatic heterocycles. The standard InChI is InChI=1S/C9H11NO3S/c1-14(11,12)7-2-3-9-8(6-7)10-4-5-13-9/h2-3,6,10H,4-5H2,1H3. The van der Waals surface area contributed by atoms with Crippen LogP contribution in [0.1, 0.15) is 0 Å². The second kappa shape index (κ2) is 3.16. The van der Waals surface area contributed by atoms with Gasteiger partial charge in [-0.15, -0.1) is 0 Å². The van der Waals surface area contributed by atoms with Gasteiger partial charge in [0, 0.05) is 12.8 Å². The van der Waals surface area contributed by atoms with Crippen molar-refractivity contribution in [3.63, 3.8) is 0 Å². The van der Waals surface area contributed by atoms with Crippen LogP contribution in [0.5, 0.6) is 5.75 Å². The van der Waals surface area contributed by atoms with Crippen molar-refractivity contribution < 1.29 is 13.2 Å². The summed E-state index contributed by atoms with van der Waals surface area (Å²) in [5.74, 6) is 0.712. The molecule has 0 saturated carbocycles. The SMILES string of the molecule is CS(=O)(=O)c1ccc2c(c1)NCCO2. The van der Waals surface area contributed by atoms with Crippen molar-refractivity contribution in [1.82, 2.24) is 0 Å². The molecule has 0 radical (unpaired) electrons. The molecule has 0 atom stereocenters. The molecule has 76 valence electrons. The summed E-state index contributed by atoms with van der Waals surface area (Å²) in [6, 6.07) is 4.84. The maximum atomic E-state index is 11.3. The molecule has 2 rings (SSSR count). The lowest BCUT2D eigenvalue weighted by atomic mass is 10.2. The third-order valence-corrected chi connectivity index (χ3v) is 3.16. The smallest absolute Gasteiger partial charge is 0.175 e. The number of anilines is 1. The first kappa shape index (κ1) is 9.33. The minimum absolute atomic E-state index is 0.314. The van der Waals surface area contributed by atoms with Crippen molar-refractivity contribution in [1.29, 1.82) is 0 Å². The van der Waals surface area contributed by atoms with E-state index in [2.05, 4.69) is 5.32 Å². The van der Waals surface area contributed by atoms with E-state index in [1.165, 1.54) is 6.26 Å². The Morgan fingerprint density at radius 3 is 2.93 bits per heavy atom. The number of hydrogen-bond acceptors (Lipinski definition) is 4. The van der Waals surface area contributed by atoms with Crippen LogP contribution in [0.3, 0.4) is 0 Å². The zero-order valence-corrected chi connectivity index (χ0v) is 8.60. The number of benzene rings is 1. The van der Waals surface area contributed by atoms with Crippen molar-refractivity contribution in [2.75, 3.05) is 24.7 Å². The third kappa shape index (κ3) is 1.68. The topological polar surface area (TPSA) is 55.4 Å². The summed E-state index contributed by atoms with van der Waals surface area (Å²) in [4.78, 5) is 0.314. The normalized spacial score (nSPS) is 15.2. The van der Waals surface area contributed by atoms with Gasteiger partial charge in [-0.3, -0.25) is 0 Å². The van der Waals surface area contributed by atoms with Crippen molar-refractivity contribution in [2.24, 2.45) is 0 Å². The molecule has 1 aromatic carbocycles. The molecular weight excluding hydrogens is 202 g/mol. The van der Waals surface area contributed by atoms with Crippen LogP contribution >= 0.6 is 0 Å². The molecule has 14 heavy (non-hydrogen) atoms. The maximum Gasteiger partial charge on any atom is 0.175 e. The predicted molar refractivity (Wildman–Crippen MR) is 53.5 cm³/mol.